The number of rotatable bonds is 2. The third-order valence-electron chi connectivity index (χ3n) is 2.23. The summed E-state index contributed by atoms with van der Waals surface area (Å²) in [6.45, 7) is 8.00. The van der Waals surface area contributed by atoms with Gasteiger partial charge in [0.1, 0.15) is 0 Å². The fourth-order valence-electron chi connectivity index (χ4n) is 1.57. The van der Waals surface area contributed by atoms with Crippen molar-refractivity contribution in [1.82, 2.24) is 14.8 Å². The van der Waals surface area contributed by atoms with Crippen LogP contribution in [0.2, 0.25) is 0 Å². The fourth-order valence-corrected chi connectivity index (χ4v) is 1.57. The number of aromatic nitrogens is 3. The van der Waals surface area contributed by atoms with Crippen LogP contribution >= 0.6 is 0 Å². The molecule has 0 radical (unpaired) electrons. The molecule has 0 unspecified atom stereocenters. The minimum Gasteiger partial charge on any atom is -0.263 e. The first-order valence-electron chi connectivity index (χ1n) is 4.67. The maximum absolute atomic E-state index is 4.33. The summed E-state index contributed by atoms with van der Waals surface area (Å²) in [6, 6.07) is 0.355. The van der Waals surface area contributed by atoms with Gasteiger partial charge in [0, 0.05) is 29.4 Å². The first-order chi connectivity index (χ1) is 6.74. The van der Waals surface area contributed by atoms with Gasteiger partial charge in [0.15, 0.2) is 0 Å². The Morgan fingerprint density at radius 3 is 2.79 bits per heavy atom. The molecule has 0 saturated carbocycles. The van der Waals surface area contributed by atoms with Gasteiger partial charge in [0.05, 0.1) is 11.7 Å². The number of pyridine rings is 1. The monoisotopic (exact) mass is 187 g/mol. The third kappa shape index (κ3) is 1.21. The zero-order chi connectivity index (χ0) is 10.1. The molecule has 72 valence electrons. The molecule has 14 heavy (non-hydrogen) atoms. The second kappa shape index (κ2) is 3.25. The van der Waals surface area contributed by atoms with Crippen molar-refractivity contribution in [2.75, 3.05) is 0 Å². The molecular weight excluding hydrogens is 174 g/mol. The number of fused-ring (bicyclic) bond motifs is 1. The van der Waals surface area contributed by atoms with Crippen LogP contribution in [0.5, 0.6) is 0 Å². The fraction of sp³-hybridized carbons (Fsp3) is 0.273. The van der Waals surface area contributed by atoms with Gasteiger partial charge in [-0.05, 0) is 13.8 Å². The summed E-state index contributed by atoms with van der Waals surface area (Å²) in [7, 11) is 0. The van der Waals surface area contributed by atoms with Gasteiger partial charge in [0.25, 0.3) is 0 Å². The van der Waals surface area contributed by atoms with E-state index < -0.39 is 0 Å². The van der Waals surface area contributed by atoms with Crippen molar-refractivity contribution in [1.29, 1.82) is 0 Å². The molecule has 0 aliphatic carbocycles. The van der Waals surface area contributed by atoms with Gasteiger partial charge in [0.2, 0.25) is 0 Å². The van der Waals surface area contributed by atoms with Gasteiger partial charge in [-0.15, -0.1) is 0 Å². The van der Waals surface area contributed by atoms with Crippen molar-refractivity contribution in [3.8, 4) is 0 Å². The topological polar surface area (TPSA) is 30.7 Å². The third-order valence-corrected chi connectivity index (χ3v) is 2.23. The second-order valence-corrected chi connectivity index (χ2v) is 3.55. The summed E-state index contributed by atoms with van der Waals surface area (Å²) in [5.74, 6) is 0. The van der Waals surface area contributed by atoms with E-state index in [1.165, 1.54) is 0 Å². The van der Waals surface area contributed by atoms with Crippen molar-refractivity contribution in [3.63, 3.8) is 0 Å². The SMILES string of the molecule is C=Cc1cncc2cnn(C(C)C)c12. The van der Waals surface area contributed by atoms with Crippen LogP contribution in [0.1, 0.15) is 25.5 Å². The Morgan fingerprint density at radius 2 is 2.14 bits per heavy atom. The zero-order valence-corrected chi connectivity index (χ0v) is 8.44. The van der Waals surface area contributed by atoms with E-state index in [2.05, 4.69) is 30.5 Å². The number of hydrogen-bond acceptors (Lipinski definition) is 2. The van der Waals surface area contributed by atoms with Crippen LogP contribution in [0, 0.1) is 0 Å². The van der Waals surface area contributed by atoms with Gasteiger partial charge < -0.3 is 0 Å². The van der Waals surface area contributed by atoms with Crippen LogP contribution in [-0.2, 0) is 0 Å². The van der Waals surface area contributed by atoms with E-state index in [9.17, 15) is 0 Å². The molecule has 0 aromatic carbocycles. The maximum atomic E-state index is 4.33. The molecule has 0 N–H and O–H groups in total. The zero-order valence-electron chi connectivity index (χ0n) is 8.44. The molecule has 0 bridgehead atoms. The van der Waals surface area contributed by atoms with Crippen molar-refractivity contribution >= 4 is 17.0 Å². The van der Waals surface area contributed by atoms with E-state index in [1.807, 2.05) is 29.3 Å². The van der Waals surface area contributed by atoms with E-state index in [-0.39, 0.29) is 0 Å². The minimum atomic E-state index is 0.355. The Morgan fingerprint density at radius 1 is 1.36 bits per heavy atom. The summed E-state index contributed by atoms with van der Waals surface area (Å²) < 4.78 is 1.99. The lowest BCUT2D eigenvalue weighted by Gasteiger charge is -2.08. The molecule has 0 spiro atoms. The molecule has 3 nitrogen and oxygen atoms in total. The first kappa shape index (κ1) is 8.94. The van der Waals surface area contributed by atoms with Gasteiger partial charge in [-0.2, -0.15) is 5.10 Å². The van der Waals surface area contributed by atoms with Crippen molar-refractivity contribution in [2.45, 2.75) is 19.9 Å². The number of hydrogen-bond donors (Lipinski definition) is 0. The van der Waals surface area contributed by atoms with Gasteiger partial charge in [-0.3, -0.25) is 9.67 Å². The highest BCUT2D eigenvalue weighted by Crippen LogP contribution is 2.20. The molecular formula is C11H13N3. The highest BCUT2D eigenvalue weighted by Gasteiger charge is 2.08. The first-order valence-corrected chi connectivity index (χ1v) is 4.67. The Balaban J connectivity index is 2.80. The summed E-state index contributed by atoms with van der Waals surface area (Å²) in [5.41, 5.74) is 2.15. The van der Waals surface area contributed by atoms with Crippen LogP contribution < -0.4 is 0 Å². The summed E-state index contributed by atoms with van der Waals surface area (Å²) >= 11 is 0. The van der Waals surface area contributed by atoms with Gasteiger partial charge in [-0.25, -0.2) is 0 Å². The number of nitrogens with zero attached hydrogens (tertiary/aromatic N) is 3. The highest BCUT2D eigenvalue weighted by atomic mass is 15.3. The van der Waals surface area contributed by atoms with Crippen LogP contribution in [-0.4, -0.2) is 14.8 Å². The molecule has 3 heteroatoms. The molecule has 0 fully saturated rings. The van der Waals surface area contributed by atoms with Crippen LogP contribution in [0.25, 0.3) is 17.0 Å². The van der Waals surface area contributed by atoms with Gasteiger partial charge in [-0.1, -0.05) is 12.7 Å². The van der Waals surface area contributed by atoms with Crippen molar-refractivity contribution < 1.29 is 0 Å². The molecule has 0 aliphatic rings. The van der Waals surface area contributed by atoms with E-state index in [0.717, 1.165) is 16.5 Å². The maximum Gasteiger partial charge on any atom is 0.0788 e. The van der Waals surface area contributed by atoms with E-state index in [4.69, 9.17) is 0 Å². The van der Waals surface area contributed by atoms with E-state index in [0.29, 0.717) is 6.04 Å². The molecule has 2 rings (SSSR count). The Labute approximate surface area is 83.1 Å². The smallest absolute Gasteiger partial charge is 0.0788 e. The molecule has 2 heterocycles. The van der Waals surface area contributed by atoms with Gasteiger partial charge >= 0.3 is 0 Å². The molecule has 2 aromatic rings. The molecule has 0 aliphatic heterocycles. The largest absolute Gasteiger partial charge is 0.263 e. The molecule has 0 atom stereocenters. The summed E-state index contributed by atoms with van der Waals surface area (Å²) in [4.78, 5) is 4.13. The Bertz CT molecular complexity index is 468. The average molecular weight is 187 g/mol. The lowest BCUT2D eigenvalue weighted by Crippen LogP contribution is -2.03. The quantitative estimate of drug-likeness (QED) is 0.723. The predicted octanol–water partition coefficient (Wildman–Crippen LogP) is 2.66. The Hall–Kier alpha value is -1.64. The molecule has 2 aromatic heterocycles. The summed E-state index contributed by atoms with van der Waals surface area (Å²) in [6.07, 6.45) is 7.30. The van der Waals surface area contributed by atoms with E-state index in [1.54, 1.807) is 0 Å². The lowest BCUT2D eigenvalue weighted by atomic mass is 10.2. The normalized spacial score (nSPS) is 11.1. The standard InChI is InChI=1S/C11H13N3/c1-4-9-5-12-6-10-7-13-14(8(2)3)11(9)10/h4-8H,1H2,2-3H3. The second-order valence-electron chi connectivity index (χ2n) is 3.55. The molecule has 0 amide bonds. The van der Waals surface area contributed by atoms with E-state index >= 15 is 0 Å². The average Bonchev–Trinajstić information content (AvgIpc) is 2.60. The molecule has 0 saturated heterocycles. The van der Waals surface area contributed by atoms with Crippen molar-refractivity contribution in [2.24, 2.45) is 0 Å². The predicted molar refractivity (Wildman–Crippen MR) is 58.0 cm³/mol. The van der Waals surface area contributed by atoms with Crippen molar-refractivity contribution in [3.05, 3.63) is 30.7 Å². The van der Waals surface area contributed by atoms with Crippen LogP contribution in [0.4, 0.5) is 0 Å². The minimum absolute atomic E-state index is 0.355. The summed E-state index contributed by atoms with van der Waals surface area (Å²) in [5, 5.41) is 5.40. The lowest BCUT2D eigenvalue weighted by molar-refractivity contribution is 0.550. The highest BCUT2D eigenvalue weighted by molar-refractivity contribution is 5.86. The van der Waals surface area contributed by atoms with Crippen LogP contribution in [0.15, 0.2) is 25.2 Å². The Kier molecular flexibility index (Phi) is 2.08. The van der Waals surface area contributed by atoms with Crippen LogP contribution in [0.3, 0.4) is 0 Å².